The minimum absolute atomic E-state index is 0.266. The molecule has 1 aliphatic heterocycles. The summed E-state index contributed by atoms with van der Waals surface area (Å²) in [7, 11) is 3.52. The minimum atomic E-state index is 0.266. The number of para-hydroxylation sites is 1. The fourth-order valence-electron chi connectivity index (χ4n) is 4.20. The maximum Gasteiger partial charge on any atom is 0.225 e. The summed E-state index contributed by atoms with van der Waals surface area (Å²) < 4.78 is 5.43. The zero-order valence-electron chi connectivity index (χ0n) is 18.5. The average Bonchev–Trinajstić information content (AvgIpc) is 3.47. The molecule has 6 nitrogen and oxygen atoms in total. The van der Waals surface area contributed by atoms with Gasteiger partial charge in [0, 0.05) is 49.3 Å². The Kier molecular flexibility index (Phi) is 8.73. The number of hydrogen-bond donors (Lipinski definition) is 2. The van der Waals surface area contributed by atoms with Crippen LogP contribution >= 0.6 is 11.8 Å². The molecular weight excluding hydrogens is 396 g/mol. The summed E-state index contributed by atoms with van der Waals surface area (Å²) in [6.07, 6.45) is 5.53. The van der Waals surface area contributed by atoms with Gasteiger partial charge in [0.1, 0.15) is 5.75 Å². The second kappa shape index (κ2) is 11.5. The zero-order chi connectivity index (χ0) is 21.3. The van der Waals surface area contributed by atoms with Crippen LogP contribution in [0.1, 0.15) is 39.0 Å². The quantitative estimate of drug-likeness (QED) is 0.375. The van der Waals surface area contributed by atoms with E-state index in [9.17, 15) is 4.79 Å². The number of methoxy groups -OCH3 is 1. The van der Waals surface area contributed by atoms with Crippen molar-refractivity contribution in [1.82, 2.24) is 15.5 Å². The Labute approximate surface area is 185 Å². The highest BCUT2D eigenvalue weighted by atomic mass is 32.2. The first-order chi connectivity index (χ1) is 14.6. The molecule has 166 valence electrons. The Morgan fingerprint density at radius 2 is 2.07 bits per heavy atom. The summed E-state index contributed by atoms with van der Waals surface area (Å²) in [5.41, 5.74) is 0. The van der Waals surface area contributed by atoms with Crippen molar-refractivity contribution in [2.75, 3.05) is 39.5 Å². The van der Waals surface area contributed by atoms with E-state index in [0.717, 1.165) is 56.4 Å². The second-order valence-corrected chi connectivity index (χ2v) is 9.48. The van der Waals surface area contributed by atoms with E-state index < -0.39 is 0 Å². The third-order valence-corrected chi connectivity index (χ3v) is 7.36. The molecule has 2 aliphatic rings. The van der Waals surface area contributed by atoms with Gasteiger partial charge in [0.15, 0.2) is 5.96 Å². The normalized spacial score (nSPS) is 21.0. The lowest BCUT2D eigenvalue weighted by Crippen LogP contribution is -2.46. The first-order valence-corrected chi connectivity index (χ1v) is 12.1. The number of aliphatic imine (C=N–C) groups is 1. The highest BCUT2D eigenvalue weighted by Gasteiger charge is 2.32. The van der Waals surface area contributed by atoms with Crippen LogP contribution in [0.4, 0.5) is 0 Å². The molecule has 1 saturated heterocycles. The van der Waals surface area contributed by atoms with Gasteiger partial charge in [-0.1, -0.05) is 31.9 Å². The number of carbonyl (C=O) groups is 1. The summed E-state index contributed by atoms with van der Waals surface area (Å²) in [4.78, 5) is 20.2. The van der Waals surface area contributed by atoms with Gasteiger partial charge in [-0.2, -0.15) is 0 Å². The molecule has 2 atom stereocenters. The molecule has 0 bridgehead atoms. The SMILES string of the molecule is CN=C(NCC(C)CSc1ccccc1OC)NC1CCN(C(=O)C2CCCC2)C1. The van der Waals surface area contributed by atoms with Crippen LogP contribution in [-0.4, -0.2) is 62.4 Å². The molecule has 1 heterocycles. The molecular formula is C23H36N4O2S. The standard InChI is InChI=1S/C23H36N4O2S/c1-17(16-30-21-11-7-6-10-20(21)29-3)14-25-23(24-2)26-19-12-13-27(15-19)22(28)18-8-4-5-9-18/h6-7,10-11,17-19H,4-5,8-9,12-16H2,1-3H3,(H2,24,25,26). The molecule has 1 amide bonds. The molecule has 7 heteroatoms. The molecule has 0 radical (unpaired) electrons. The van der Waals surface area contributed by atoms with Crippen LogP contribution in [0.25, 0.3) is 0 Å². The maximum atomic E-state index is 12.6. The Morgan fingerprint density at radius 1 is 1.30 bits per heavy atom. The average molecular weight is 433 g/mol. The molecule has 2 N–H and O–H groups in total. The molecule has 0 spiro atoms. The van der Waals surface area contributed by atoms with Gasteiger partial charge in [0.25, 0.3) is 0 Å². The number of ether oxygens (including phenoxy) is 1. The Balaban J connectivity index is 1.38. The van der Waals surface area contributed by atoms with E-state index in [1.54, 1.807) is 14.2 Å². The smallest absolute Gasteiger partial charge is 0.225 e. The number of hydrogen-bond acceptors (Lipinski definition) is 4. The van der Waals surface area contributed by atoms with Crippen LogP contribution in [0, 0.1) is 11.8 Å². The van der Waals surface area contributed by atoms with Crippen LogP contribution in [0.5, 0.6) is 5.75 Å². The molecule has 1 aliphatic carbocycles. The van der Waals surface area contributed by atoms with Crippen molar-refractivity contribution in [2.24, 2.45) is 16.8 Å². The predicted molar refractivity (Wildman–Crippen MR) is 124 cm³/mol. The minimum Gasteiger partial charge on any atom is -0.496 e. The van der Waals surface area contributed by atoms with E-state index in [1.807, 2.05) is 34.9 Å². The van der Waals surface area contributed by atoms with E-state index >= 15 is 0 Å². The third kappa shape index (κ3) is 6.30. The summed E-state index contributed by atoms with van der Waals surface area (Å²) in [5.74, 6) is 3.85. The molecule has 1 aromatic carbocycles. The summed E-state index contributed by atoms with van der Waals surface area (Å²) >= 11 is 1.82. The molecule has 2 unspecified atom stereocenters. The lowest BCUT2D eigenvalue weighted by atomic mass is 10.1. The Hall–Kier alpha value is -1.89. The van der Waals surface area contributed by atoms with Gasteiger partial charge in [0.2, 0.25) is 5.91 Å². The van der Waals surface area contributed by atoms with Crippen molar-refractivity contribution in [3.05, 3.63) is 24.3 Å². The number of thioether (sulfide) groups is 1. The van der Waals surface area contributed by atoms with Gasteiger partial charge in [-0.15, -0.1) is 11.8 Å². The summed E-state index contributed by atoms with van der Waals surface area (Å²) in [6.45, 7) is 4.73. The van der Waals surface area contributed by atoms with Crippen LogP contribution < -0.4 is 15.4 Å². The fourth-order valence-corrected chi connectivity index (χ4v) is 5.25. The van der Waals surface area contributed by atoms with Crippen molar-refractivity contribution < 1.29 is 9.53 Å². The molecule has 1 saturated carbocycles. The van der Waals surface area contributed by atoms with Gasteiger partial charge in [-0.3, -0.25) is 9.79 Å². The molecule has 30 heavy (non-hydrogen) atoms. The first kappa shape index (κ1) is 22.8. The van der Waals surface area contributed by atoms with Gasteiger partial charge >= 0.3 is 0 Å². The van der Waals surface area contributed by atoms with E-state index in [-0.39, 0.29) is 12.0 Å². The molecule has 2 fully saturated rings. The van der Waals surface area contributed by atoms with E-state index in [2.05, 4.69) is 28.6 Å². The van der Waals surface area contributed by atoms with Crippen LogP contribution in [0.2, 0.25) is 0 Å². The first-order valence-electron chi connectivity index (χ1n) is 11.1. The number of amides is 1. The number of nitrogens with one attached hydrogen (secondary N) is 2. The predicted octanol–water partition coefficient (Wildman–Crippen LogP) is 3.38. The van der Waals surface area contributed by atoms with Gasteiger partial charge in [0.05, 0.1) is 7.11 Å². The number of benzene rings is 1. The lowest BCUT2D eigenvalue weighted by Gasteiger charge is -2.22. The number of likely N-dealkylation sites (tertiary alicyclic amines) is 1. The van der Waals surface area contributed by atoms with E-state index in [0.29, 0.717) is 11.8 Å². The lowest BCUT2D eigenvalue weighted by molar-refractivity contribution is -0.134. The van der Waals surface area contributed by atoms with Crippen molar-refractivity contribution in [3.63, 3.8) is 0 Å². The second-order valence-electron chi connectivity index (χ2n) is 8.42. The molecule has 0 aromatic heterocycles. The topological polar surface area (TPSA) is 66.0 Å². The van der Waals surface area contributed by atoms with E-state index in [1.165, 1.54) is 17.7 Å². The number of carbonyl (C=O) groups excluding carboxylic acids is 1. The van der Waals surface area contributed by atoms with Crippen molar-refractivity contribution in [2.45, 2.75) is 50.0 Å². The van der Waals surface area contributed by atoms with E-state index in [4.69, 9.17) is 4.74 Å². The highest BCUT2D eigenvalue weighted by Crippen LogP contribution is 2.30. The van der Waals surface area contributed by atoms with Crippen LogP contribution in [-0.2, 0) is 4.79 Å². The largest absolute Gasteiger partial charge is 0.496 e. The van der Waals surface area contributed by atoms with Crippen molar-refractivity contribution >= 4 is 23.6 Å². The van der Waals surface area contributed by atoms with Gasteiger partial charge in [-0.25, -0.2) is 0 Å². The van der Waals surface area contributed by atoms with Gasteiger partial charge in [-0.05, 0) is 37.3 Å². The Morgan fingerprint density at radius 3 is 2.80 bits per heavy atom. The molecule has 1 aromatic rings. The highest BCUT2D eigenvalue weighted by molar-refractivity contribution is 7.99. The Bertz CT molecular complexity index is 721. The fraction of sp³-hybridized carbons (Fsp3) is 0.652. The van der Waals surface area contributed by atoms with Crippen molar-refractivity contribution in [3.8, 4) is 5.75 Å². The van der Waals surface area contributed by atoms with Crippen molar-refractivity contribution in [1.29, 1.82) is 0 Å². The maximum absolute atomic E-state index is 12.6. The number of rotatable bonds is 8. The monoisotopic (exact) mass is 432 g/mol. The zero-order valence-corrected chi connectivity index (χ0v) is 19.3. The van der Waals surface area contributed by atoms with Crippen LogP contribution in [0.15, 0.2) is 34.2 Å². The van der Waals surface area contributed by atoms with Gasteiger partial charge < -0.3 is 20.3 Å². The number of nitrogens with zero attached hydrogens (tertiary/aromatic N) is 2. The number of guanidine groups is 1. The molecule has 3 rings (SSSR count). The van der Waals surface area contributed by atoms with Crippen LogP contribution in [0.3, 0.4) is 0 Å². The summed E-state index contributed by atoms with van der Waals surface area (Å²) in [6, 6.07) is 8.42. The summed E-state index contributed by atoms with van der Waals surface area (Å²) in [5, 5.41) is 6.96. The third-order valence-electron chi connectivity index (χ3n) is 5.98.